The first kappa shape index (κ1) is 35.3. The van der Waals surface area contributed by atoms with Crippen molar-refractivity contribution in [3.8, 4) is 56.8 Å². The van der Waals surface area contributed by atoms with E-state index in [1.54, 1.807) is 0 Å². The van der Waals surface area contributed by atoms with Crippen molar-refractivity contribution in [3.63, 3.8) is 0 Å². The number of furan rings is 2. The van der Waals surface area contributed by atoms with E-state index in [9.17, 15) is 0 Å². The summed E-state index contributed by atoms with van der Waals surface area (Å²) in [7, 11) is 0. The van der Waals surface area contributed by atoms with Gasteiger partial charge in [-0.1, -0.05) is 133 Å². The Hall–Kier alpha value is -8.49. The molecule has 1 aliphatic heterocycles. The van der Waals surface area contributed by atoms with E-state index in [4.69, 9.17) is 33.8 Å². The van der Waals surface area contributed by atoms with E-state index >= 15 is 0 Å². The van der Waals surface area contributed by atoms with E-state index in [1.165, 1.54) is 5.56 Å². The quantitative estimate of drug-likeness (QED) is 0.164. The van der Waals surface area contributed by atoms with Crippen LogP contribution in [0.5, 0.6) is 0 Å². The highest BCUT2D eigenvalue weighted by molar-refractivity contribution is 6.09. The van der Waals surface area contributed by atoms with Gasteiger partial charge in [0.05, 0.1) is 6.04 Å². The normalized spacial score (nSPS) is 15.5. The molecule has 8 heteroatoms. The molecule has 0 spiro atoms. The lowest BCUT2D eigenvalue weighted by molar-refractivity contribution is 0.667. The first-order valence-corrected chi connectivity index (χ1v) is 21.1. The number of para-hydroxylation sites is 2. The van der Waals surface area contributed by atoms with Crippen LogP contribution in [0.1, 0.15) is 11.5 Å². The third-order valence-electron chi connectivity index (χ3n) is 12.3. The summed E-state index contributed by atoms with van der Waals surface area (Å²) in [6, 6.07) is 57.8. The Kier molecular flexibility index (Phi) is 7.86. The second-order valence-corrected chi connectivity index (χ2v) is 16.0. The van der Waals surface area contributed by atoms with Gasteiger partial charge >= 0.3 is 0 Å². The molecule has 13 rings (SSSR count). The third kappa shape index (κ3) is 5.72. The summed E-state index contributed by atoms with van der Waals surface area (Å²) in [5.74, 6) is 2.54. The van der Waals surface area contributed by atoms with Crippen LogP contribution >= 0.6 is 0 Å². The number of anilines is 2. The molecular weight excluding hydrogens is 777 g/mol. The fraction of sp³-hybridized carbons (Fsp3) is 0.0364. The summed E-state index contributed by atoms with van der Waals surface area (Å²) in [6.07, 6.45) is 8.88. The highest BCUT2D eigenvalue weighted by Gasteiger charge is 2.39. The highest BCUT2D eigenvalue weighted by Crippen LogP contribution is 2.51. The maximum absolute atomic E-state index is 6.55. The minimum Gasteiger partial charge on any atom is -0.456 e. The number of hydrogen-bond acceptors (Lipinski definition) is 8. The van der Waals surface area contributed by atoms with Gasteiger partial charge < -0.3 is 13.7 Å². The van der Waals surface area contributed by atoms with Crippen LogP contribution in [-0.4, -0.2) is 31.0 Å². The average molecular weight is 811 g/mol. The van der Waals surface area contributed by atoms with Crippen molar-refractivity contribution in [2.24, 2.45) is 0 Å². The van der Waals surface area contributed by atoms with E-state index in [1.807, 2.05) is 103 Å². The van der Waals surface area contributed by atoms with Crippen molar-refractivity contribution in [1.29, 1.82) is 0 Å². The molecule has 0 radical (unpaired) electrons. The van der Waals surface area contributed by atoms with Crippen molar-refractivity contribution < 1.29 is 8.83 Å². The predicted octanol–water partition coefficient (Wildman–Crippen LogP) is 13.5. The Balaban J connectivity index is 0.942. The Morgan fingerprint density at radius 2 is 1.10 bits per heavy atom. The second kappa shape index (κ2) is 14.0. The topological polar surface area (TPSA) is 94.0 Å². The summed E-state index contributed by atoms with van der Waals surface area (Å²) < 4.78 is 12.9. The lowest BCUT2D eigenvalue weighted by atomic mass is 9.88. The zero-order chi connectivity index (χ0) is 41.4. The zero-order valence-electron chi connectivity index (χ0n) is 33.6. The molecule has 8 nitrogen and oxygen atoms in total. The summed E-state index contributed by atoms with van der Waals surface area (Å²) in [5.41, 5.74) is 12.5. The molecule has 0 bridgehead atoms. The van der Waals surface area contributed by atoms with Crippen LogP contribution in [0.3, 0.4) is 0 Å². The lowest BCUT2D eigenvalue weighted by Crippen LogP contribution is -2.28. The van der Waals surface area contributed by atoms with Gasteiger partial charge in [-0.05, 0) is 66.2 Å². The van der Waals surface area contributed by atoms with Gasteiger partial charge in [0.15, 0.2) is 28.9 Å². The van der Waals surface area contributed by atoms with Gasteiger partial charge in [-0.25, -0.2) is 24.9 Å². The van der Waals surface area contributed by atoms with Crippen molar-refractivity contribution in [3.05, 3.63) is 200 Å². The van der Waals surface area contributed by atoms with Gasteiger partial charge in [0.2, 0.25) is 0 Å². The number of benzene rings is 7. The second-order valence-electron chi connectivity index (χ2n) is 16.0. The molecule has 5 heterocycles. The van der Waals surface area contributed by atoms with E-state index < -0.39 is 0 Å². The van der Waals surface area contributed by atoms with Crippen molar-refractivity contribution in [1.82, 2.24) is 24.9 Å². The molecule has 296 valence electrons. The Morgan fingerprint density at radius 3 is 1.94 bits per heavy atom. The number of hydrogen-bond donors (Lipinski definition) is 0. The minimum atomic E-state index is 0.122. The van der Waals surface area contributed by atoms with Crippen LogP contribution in [0, 0.1) is 0 Å². The standard InChI is InChI=1S/C55H34N6O2/c1-4-15-33(16-5-1)49-51-50(40-22-11-13-26-45(40)63-51)57-53(56-49)36-27-29-38-42-31-35(28-30-46(42)62-47(38)32-36)54-58-52(34-17-6-2-7-18-34)59-55(60-54)41-23-14-25-44-48(41)39-21-10-12-24-43(39)61(44)37-19-8-3-9-20-37/h1-32,39,43H. The molecule has 1 aliphatic carbocycles. The van der Waals surface area contributed by atoms with Gasteiger partial charge in [-0.3, -0.25) is 0 Å². The van der Waals surface area contributed by atoms with Gasteiger partial charge in [0, 0.05) is 61.3 Å². The van der Waals surface area contributed by atoms with Crippen LogP contribution in [0.15, 0.2) is 203 Å². The van der Waals surface area contributed by atoms with Gasteiger partial charge in [0.1, 0.15) is 28.0 Å². The summed E-state index contributed by atoms with van der Waals surface area (Å²) >= 11 is 0. The molecule has 2 aliphatic rings. The van der Waals surface area contributed by atoms with Crippen LogP contribution in [0.25, 0.3) is 101 Å². The number of rotatable bonds is 6. The average Bonchev–Trinajstić information content (AvgIpc) is 4.03. The largest absolute Gasteiger partial charge is 0.456 e. The van der Waals surface area contributed by atoms with Crippen LogP contribution in [0.2, 0.25) is 0 Å². The molecule has 63 heavy (non-hydrogen) atoms. The highest BCUT2D eigenvalue weighted by atomic mass is 16.3. The summed E-state index contributed by atoms with van der Waals surface area (Å²) in [4.78, 5) is 28.2. The number of nitrogens with zero attached hydrogens (tertiary/aromatic N) is 6. The monoisotopic (exact) mass is 810 g/mol. The number of aromatic nitrogens is 5. The zero-order valence-corrected chi connectivity index (χ0v) is 33.6. The van der Waals surface area contributed by atoms with Crippen molar-refractivity contribution >= 4 is 55.4 Å². The van der Waals surface area contributed by atoms with E-state index in [2.05, 4.69) is 95.9 Å². The number of fused-ring (bicyclic) bond motifs is 9. The van der Waals surface area contributed by atoms with Crippen LogP contribution < -0.4 is 4.90 Å². The first-order chi connectivity index (χ1) is 31.2. The SMILES string of the molecule is C1=CC2c3c(-c4nc(-c5ccccc5)nc(-c5ccc6oc7cc(-c8nc(-c9ccccc9)c9oc%10ccccc%10c9n8)ccc7c6c5)n4)cccc3N(c3ccccc3)C2C=C1. The van der Waals surface area contributed by atoms with E-state index in [0.29, 0.717) is 28.9 Å². The molecule has 0 saturated heterocycles. The fourth-order valence-electron chi connectivity index (χ4n) is 9.39. The molecule has 0 fully saturated rings. The molecule has 0 N–H and O–H groups in total. The van der Waals surface area contributed by atoms with Crippen molar-refractivity contribution in [2.75, 3.05) is 4.90 Å². The Bertz CT molecular complexity index is 3650. The van der Waals surface area contributed by atoms with Gasteiger partial charge in [-0.15, -0.1) is 0 Å². The maximum atomic E-state index is 6.55. The van der Waals surface area contributed by atoms with Crippen LogP contribution in [0.4, 0.5) is 11.4 Å². The fourth-order valence-corrected chi connectivity index (χ4v) is 9.39. The van der Waals surface area contributed by atoms with Gasteiger partial charge in [-0.2, -0.15) is 0 Å². The lowest BCUT2D eigenvalue weighted by Gasteiger charge is -2.28. The molecule has 11 aromatic rings. The summed E-state index contributed by atoms with van der Waals surface area (Å²) in [5, 5.41) is 2.87. The molecule has 4 aromatic heterocycles. The van der Waals surface area contributed by atoms with Gasteiger partial charge in [0.25, 0.3) is 0 Å². The maximum Gasteiger partial charge on any atom is 0.180 e. The summed E-state index contributed by atoms with van der Waals surface area (Å²) in [6.45, 7) is 0. The molecule has 0 amide bonds. The predicted molar refractivity (Wildman–Crippen MR) is 251 cm³/mol. The molecule has 0 saturated carbocycles. The first-order valence-electron chi connectivity index (χ1n) is 21.1. The molecule has 2 unspecified atom stereocenters. The van der Waals surface area contributed by atoms with E-state index in [0.717, 1.165) is 83.3 Å². The third-order valence-corrected chi connectivity index (χ3v) is 12.3. The molecular formula is C55H34N6O2. The van der Waals surface area contributed by atoms with Crippen LogP contribution in [-0.2, 0) is 0 Å². The van der Waals surface area contributed by atoms with E-state index in [-0.39, 0.29) is 12.0 Å². The van der Waals surface area contributed by atoms with Crippen molar-refractivity contribution in [2.45, 2.75) is 12.0 Å². The minimum absolute atomic E-state index is 0.122. The molecule has 2 atom stereocenters. The molecule has 7 aromatic carbocycles. The Labute approximate surface area is 361 Å². The number of allylic oxidation sites excluding steroid dienone is 2. The smallest absolute Gasteiger partial charge is 0.180 e. The Morgan fingerprint density at radius 1 is 0.429 bits per heavy atom.